The van der Waals surface area contributed by atoms with Crippen LogP contribution in [0.5, 0.6) is 0 Å². The van der Waals surface area contributed by atoms with E-state index in [0.29, 0.717) is 17.8 Å². The largest absolute Gasteiger partial charge is 0.480 e. The smallest absolute Gasteiger partial charge is 0.471 e. The zero-order valence-electron chi connectivity index (χ0n) is 11.5. The summed E-state index contributed by atoms with van der Waals surface area (Å²) in [6.07, 6.45) is -4.69. The van der Waals surface area contributed by atoms with Crippen LogP contribution in [0.15, 0.2) is 28.8 Å². The third kappa shape index (κ3) is 3.54. The first kappa shape index (κ1) is 15.8. The normalized spacial score (nSPS) is 11.5. The average Bonchev–Trinajstić information content (AvgIpc) is 2.94. The Morgan fingerprint density at radius 1 is 1.32 bits per heavy atom. The summed E-state index contributed by atoms with van der Waals surface area (Å²) in [5, 5.41) is 12.1. The molecule has 0 fully saturated rings. The van der Waals surface area contributed by atoms with Gasteiger partial charge in [-0.2, -0.15) is 18.2 Å². The number of halogens is 3. The minimum absolute atomic E-state index is 0.170. The molecule has 0 spiro atoms. The van der Waals surface area contributed by atoms with Gasteiger partial charge in [0.1, 0.15) is 6.54 Å². The summed E-state index contributed by atoms with van der Waals surface area (Å²) in [6.45, 7) is 2.11. The lowest BCUT2D eigenvalue weighted by molar-refractivity contribution is -0.159. The summed E-state index contributed by atoms with van der Waals surface area (Å²) in [6, 6.07) is 6.19. The minimum atomic E-state index is -4.69. The molecule has 0 aliphatic carbocycles. The van der Waals surface area contributed by atoms with Crippen molar-refractivity contribution in [3.05, 3.63) is 30.2 Å². The highest BCUT2D eigenvalue weighted by molar-refractivity contribution is 5.74. The SMILES string of the molecule is CCN(CC(=O)O)c1ccc(-c2noc(C(F)(F)F)n2)cc1. The molecular weight excluding hydrogens is 303 g/mol. The standard InChI is InChI=1S/C13H12F3N3O3/c1-2-19(7-10(20)21)9-5-3-8(4-6-9)11-17-12(22-18-11)13(14,15)16/h3-6H,2,7H2,1H3,(H,20,21). The van der Waals surface area contributed by atoms with Gasteiger partial charge in [0.2, 0.25) is 5.82 Å². The van der Waals surface area contributed by atoms with Crippen LogP contribution in [-0.4, -0.2) is 34.3 Å². The van der Waals surface area contributed by atoms with Gasteiger partial charge in [-0.15, -0.1) is 0 Å². The minimum Gasteiger partial charge on any atom is -0.480 e. The molecule has 2 aromatic rings. The highest BCUT2D eigenvalue weighted by Gasteiger charge is 2.38. The van der Waals surface area contributed by atoms with Crippen molar-refractivity contribution in [3.63, 3.8) is 0 Å². The average molecular weight is 315 g/mol. The third-order valence-electron chi connectivity index (χ3n) is 2.87. The van der Waals surface area contributed by atoms with E-state index in [1.807, 2.05) is 0 Å². The maximum atomic E-state index is 12.4. The van der Waals surface area contributed by atoms with E-state index in [4.69, 9.17) is 5.11 Å². The van der Waals surface area contributed by atoms with Gasteiger partial charge in [-0.05, 0) is 31.2 Å². The molecule has 6 nitrogen and oxygen atoms in total. The number of alkyl halides is 3. The monoisotopic (exact) mass is 315 g/mol. The molecule has 0 atom stereocenters. The van der Waals surface area contributed by atoms with Crippen LogP contribution in [0.25, 0.3) is 11.4 Å². The number of hydrogen-bond donors (Lipinski definition) is 1. The van der Waals surface area contributed by atoms with E-state index in [0.717, 1.165) is 0 Å². The first-order valence-electron chi connectivity index (χ1n) is 6.29. The summed E-state index contributed by atoms with van der Waals surface area (Å²) in [4.78, 5) is 15.6. The number of carboxylic acids is 1. The van der Waals surface area contributed by atoms with Gasteiger partial charge in [0.25, 0.3) is 0 Å². The maximum Gasteiger partial charge on any atom is 0.471 e. The fourth-order valence-corrected chi connectivity index (χ4v) is 1.83. The number of nitrogens with zero attached hydrogens (tertiary/aromatic N) is 3. The number of anilines is 1. The van der Waals surface area contributed by atoms with Crippen LogP contribution in [0.3, 0.4) is 0 Å². The summed E-state index contributed by atoms with van der Waals surface area (Å²) < 4.78 is 41.3. The van der Waals surface area contributed by atoms with Crippen molar-refractivity contribution in [3.8, 4) is 11.4 Å². The molecule has 0 amide bonds. The second-order valence-electron chi connectivity index (χ2n) is 4.38. The van der Waals surface area contributed by atoms with Gasteiger partial charge >= 0.3 is 18.0 Å². The molecule has 1 heterocycles. The molecule has 118 valence electrons. The number of aliphatic carboxylic acids is 1. The molecule has 0 unspecified atom stereocenters. The first-order valence-corrected chi connectivity index (χ1v) is 6.29. The van der Waals surface area contributed by atoms with Crippen LogP contribution in [0, 0.1) is 0 Å². The molecule has 1 N–H and O–H groups in total. The van der Waals surface area contributed by atoms with Gasteiger partial charge < -0.3 is 14.5 Å². The van der Waals surface area contributed by atoms with Gasteiger partial charge in [-0.25, -0.2) is 0 Å². The van der Waals surface area contributed by atoms with E-state index in [9.17, 15) is 18.0 Å². The van der Waals surface area contributed by atoms with E-state index in [2.05, 4.69) is 14.7 Å². The van der Waals surface area contributed by atoms with Crippen LogP contribution in [0.1, 0.15) is 12.8 Å². The Morgan fingerprint density at radius 2 is 1.95 bits per heavy atom. The highest BCUT2D eigenvalue weighted by atomic mass is 19.4. The summed E-state index contributed by atoms with van der Waals surface area (Å²) in [5.74, 6) is -2.56. The van der Waals surface area contributed by atoms with Crippen molar-refractivity contribution in [2.75, 3.05) is 18.0 Å². The first-order chi connectivity index (χ1) is 10.3. The fraction of sp³-hybridized carbons (Fsp3) is 0.308. The molecule has 0 bridgehead atoms. The van der Waals surface area contributed by atoms with E-state index in [-0.39, 0.29) is 12.4 Å². The molecule has 0 aliphatic rings. The predicted molar refractivity (Wildman–Crippen MR) is 70.3 cm³/mol. The number of rotatable bonds is 5. The van der Waals surface area contributed by atoms with Crippen LogP contribution in [0.4, 0.5) is 18.9 Å². The quantitative estimate of drug-likeness (QED) is 0.914. The molecule has 0 radical (unpaired) electrons. The number of hydrogen-bond acceptors (Lipinski definition) is 5. The van der Waals surface area contributed by atoms with Gasteiger partial charge in [-0.3, -0.25) is 4.79 Å². The van der Waals surface area contributed by atoms with Gasteiger partial charge in [-0.1, -0.05) is 5.16 Å². The third-order valence-corrected chi connectivity index (χ3v) is 2.87. The second kappa shape index (κ2) is 6.04. The summed E-state index contributed by atoms with van der Waals surface area (Å²) >= 11 is 0. The van der Waals surface area contributed by atoms with E-state index >= 15 is 0 Å². The molecule has 0 saturated heterocycles. The molecule has 9 heteroatoms. The van der Waals surface area contributed by atoms with Crippen molar-refractivity contribution in [2.24, 2.45) is 0 Å². The Balaban J connectivity index is 2.21. The van der Waals surface area contributed by atoms with E-state index < -0.39 is 18.0 Å². The predicted octanol–water partition coefficient (Wildman–Crippen LogP) is 2.67. The van der Waals surface area contributed by atoms with Gasteiger partial charge in [0, 0.05) is 17.8 Å². The molecular formula is C13H12F3N3O3. The lowest BCUT2D eigenvalue weighted by atomic mass is 10.2. The highest BCUT2D eigenvalue weighted by Crippen LogP contribution is 2.29. The number of carbonyl (C=O) groups is 1. The van der Waals surface area contributed by atoms with Gasteiger partial charge in [0.15, 0.2) is 0 Å². The Labute approximate surface area is 123 Å². The van der Waals surface area contributed by atoms with Crippen LogP contribution >= 0.6 is 0 Å². The van der Waals surface area contributed by atoms with Crippen LogP contribution in [-0.2, 0) is 11.0 Å². The van der Waals surface area contributed by atoms with Crippen molar-refractivity contribution < 1.29 is 27.6 Å². The van der Waals surface area contributed by atoms with E-state index in [1.54, 1.807) is 24.0 Å². The molecule has 1 aromatic heterocycles. The topological polar surface area (TPSA) is 79.5 Å². The molecule has 22 heavy (non-hydrogen) atoms. The number of carboxylic acid groups (broad SMARTS) is 1. The van der Waals surface area contributed by atoms with Crippen molar-refractivity contribution in [1.82, 2.24) is 10.1 Å². The van der Waals surface area contributed by atoms with E-state index in [1.165, 1.54) is 12.1 Å². The van der Waals surface area contributed by atoms with Crippen LogP contribution < -0.4 is 4.90 Å². The Morgan fingerprint density at radius 3 is 2.41 bits per heavy atom. The number of aromatic nitrogens is 2. The molecule has 0 aliphatic heterocycles. The second-order valence-corrected chi connectivity index (χ2v) is 4.38. The summed E-state index contributed by atoms with van der Waals surface area (Å²) in [7, 11) is 0. The number of likely N-dealkylation sites (N-methyl/N-ethyl adjacent to an activating group) is 1. The zero-order valence-corrected chi connectivity index (χ0v) is 11.5. The molecule has 1 aromatic carbocycles. The Bertz CT molecular complexity index is 653. The number of benzene rings is 1. The molecule has 2 rings (SSSR count). The van der Waals surface area contributed by atoms with Gasteiger partial charge in [0.05, 0.1) is 0 Å². The van der Waals surface area contributed by atoms with Crippen molar-refractivity contribution in [1.29, 1.82) is 0 Å². The van der Waals surface area contributed by atoms with Crippen molar-refractivity contribution >= 4 is 11.7 Å². The zero-order chi connectivity index (χ0) is 16.3. The summed E-state index contributed by atoms with van der Waals surface area (Å²) in [5.41, 5.74) is 0.975. The van der Waals surface area contributed by atoms with Crippen LogP contribution in [0.2, 0.25) is 0 Å². The Hall–Kier alpha value is -2.58. The Kier molecular flexibility index (Phi) is 4.34. The lowest BCUT2D eigenvalue weighted by Crippen LogP contribution is -2.29. The maximum absolute atomic E-state index is 12.4. The lowest BCUT2D eigenvalue weighted by Gasteiger charge is -2.20. The molecule has 0 saturated carbocycles. The van der Waals surface area contributed by atoms with Crippen molar-refractivity contribution in [2.45, 2.75) is 13.1 Å². The fourth-order valence-electron chi connectivity index (χ4n) is 1.83.